The number of amides is 2. The molecule has 1 aromatic carbocycles. The number of benzene rings is 1. The Balaban J connectivity index is 1.58. The molecule has 0 atom stereocenters. The van der Waals surface area contributed by atoms with Crippen LogP contribution in [0.3, 0.4) is 0 Å². The minimum absolute atomic E-state index is 0.258. The standard InChI is InChI=1S/C15H19N5OS/c1-10-17-15(22-19-10)18-14(21)16-9-11-5-6-13-12(8-11)4-3-7-20(13)2/h5-6,8H,3-4,7,9H2,1-2H3,(H2,16,17,18,19,21). The average Bonchev–Trinajstić information content (AvgIpc) is 2.90. The summed E-state index contributed by atoms with van der Waals surface area (Å²) in [5.74, 6) is 0.666. The second kappa shape index (κ2) is 6.31. The van der Waals surface area contributed by atoms with Crippen LogP contribution in [-0.2, 0) is 13.0 Å². The summed E-state index contributed by atoms with van der Waals surface area (Å²) in [7, 11) is 2.12. The van der Waals surface area contributed by atoms with Crippen LogP contribution in [0.25, 0.3) is 0 Å². The third kappa shape index (κ3) is 3.36. The zero-order valence-electron chi connectivity index (χ0n) is 12.7. The van der Waals surface area contributed by atoms with E-state index in [-0.39, 0.29) is 6.03 Å². The van der Waals surface area contributed by atoms with Crippen molar-refractivity contribution in [3.8, 4) is 0 Å². The molecule has 116 valence electrons. The lowest BCUT2D eigenvalue weighted by molar-refractivity contribution is 0.251. The smallest absolute Gasteiger partial charge is 0.321 e. The Kier molecular flexibility index (Phi) is 4.24. The SMILES string of the molecule is Cc1nsc(NC(=O)NCc2ccc3c(c2)CCCN3C)n1. The van der Waals surface area contributed by atoms with E-state index in [1.807, 2.05) is 0 Å². The van der Waals surface area contributed by atoms with Crippen LogP contribution in [0, 0.1) is 6.92 Å². The topological polar surface area (TPSA) is 70.2 Å². The average molecular weight is 317 g/mol. The molecule has 1 aromatic heterocycles. The van der Waals surface area contributed by atoms with Gasteiger partial charge < -0.3 is 10.2 Å². The Hall–Kier alpha value is -2.15. The number of carbonyl (C=O) groups is 1. The maximum absolute atomic E-state index is 11.8. The van der Waals surface area contributed by atoms with Crippen LogP contribution in [0.2, 0.25) is 0 Å². The lowest BCUT2D eigenvalue weighted by atomic mass is 9.99. The lowest BCUT2D eigenvalue weighted by Crippen LogP contribution is -2.28. The zero-order valence-corrected chi connectivity index (χ0v) is 13.5. The molecular weight excluding hydrogens is 298 g/mol. The highest BCUT2D eigenvalue weighted by molar-refractivity contribution is 7.09. The minimum Gasteiger partial charge on any atom is -0.374 e. The molecule has 0 spiro atoms. The molecule has 2 heterocycles. The molecule has 2 N–H and O–H groups in total. The second-order valence-corrected chi connectivity index (χ2v) is 6.19. The van der Waals surface area contributed by atoms with Crippen molar-refractivity contribution >= 4 is 28.4 Å². The maximum Gasteiger partial charge on any atom is 0.321 e. The van der Waals surface area contributed by atoms with Crippen LogP contribution in [0.15, 0.2) is 18.2 Å². The number of urea groups is 1. The Labute approximate surface area is 133 Å². The van der Waals surface area contributed by atoms with Gasteiger partial charge in [0.25, 0.3) is 0 Å². The predicted octanol–water partition coefficient (Wildman–Crippen LogP) is 2.55. The molecule has 0 fully saturated rings. The number of aryl methyl sites for hydroxylation is 2. The van der Waals surface area contributed by atoms with Gasteiger partial charge in [-0.1, -0.05) is 12.1 Å². The summed E-state index contributed by atoms with van der Waals surface area (Å²) in [4.78, 5) is 18.2. The van der Waals surface area contributed by atoms with Crippen molar-refractivity contribution < 1.29 is 4.79 Å². The first-order valence-electron chi connectivity index (χ1n) is 7.30. The third-order valence-corrected chi connectivity index (χ3v) is 4.42. The summed E-state index contributed by atoms with van der Waals surface area (Å²) in [6, 6.07) is 6.12. The van der Waals surface area contributed by atoms with E-state index in [1.54, 1.807) is 6.92 Å². The Morgan fingerprint density at radius 3 is 3.09 bits per heavy atom. The van der Waals surface area contributed by atoms with Crippen LogP contribution in [0.4, 0.5) is 15.6 Å². The van der Waals surface area contributed by atoms with E-state index in [1.165, 1.54) is 29.2 Å². The number of nitrogens with zero attached hydrogens (tertiary/aromatic N) is 3. The molecule has 22 heavy (non-hydrogen) atoms. The quantitative estimate of drug-likeness (QED) is 0.913. The van der Waals surface area contributed by atoms with Gasteiger partial charge in [-0.05, 0) is 37.0 Å². The molecule has 0 radical (unpaired) electrons. The predicted molar refractivity (Wildman–Crippen MR) is 88.5 cm³/mol. The first-order valence-corrected chi connectivity index (χ1v) is 8.07. The van der Waals surface area contributed by atoms with Gasteiger partial charge in [-0.15, -0.1) is 0 Å². The zero-order chi connectivity index (χ0) is 15.5. The van der Waals surface area contributed by atoms with E-state index in [0.717, 1.165) is 18.5 Å². The van der Waals surface area contributed by atoms with E-state index >= 15 is 0 Å². The summed E-state index contributed by atoms with van der Waals surface area (Å²) in [6.45, 7) is 3.40. The van der Waals surface area contributed by atoms with E-state index in [4.69, 9.17) is 0 Å². The van der Waals surface area contributed by atoms with Crippen molar-refractivity contribution in [1.29, 1.82) is 0 Å². The number of carbonyl (C=O) groups excluding carboxylic acids is 1. The normalized spacial score (nSPS) is 13.6. The van der Waals surface area contributed by atoms with Crippen LogP contribution in [0.1, 0.15) is 23.4 Å². The van der Waals surface area contributed by atoms with Gasteiger partial charge in [0.1, 0.15) is 5.82 Å². The Morgan fingerprint density at radius 2 is 2.32 bits per heavy atom. The van der Waals surface area contributed by atoms with Crippen molar-refractivity contribution in [3.05, 3.63) is 35.2 Å². The summed E-state index contributed by atoms with van der Waals surface area (Å²) in [5, 5.41) is 6.05. The molecule has 0 saturated carbocycles. The van der Waals surface area contributed by atoms with Gasteiger partial charge >= 0.3 is 6.03 Å². The summed E-state index contributed by atoms with van der Waals surface area (Å²) in [6.07, 6.45) is 2.28. The highest BCUT2D eigenvalue weighted by Gasteiger charge is 2.14. The first-order chi connectivity index (χ1) is 10.6. The maximum atomic E-state index is 11.8. The minimum atomic E-state index is -0.258. The number of hydrogen-bond acceptors (Lipinski definition) is 5. The number of nitrogens with one attached hydrogen (secondary N) is 2. The van der Waals surface area contributed by atoms with Crippen LogP contribution in [-0.4, -0.2) is 29.0 Å². The van der Waals surface area contributed by atoms with Gasteiger partial charge in [-0.2, -0.15) is 4.37 Å². The Bertz CT molecular complexity index is 684. The molecule has 2 amide bonds. The molecule has 7 heteroatoms. The van der Waals surface area contributed by atoms with E-state index < -0.39 is 0 Å². The van der Waals surface area contributed by atoms with E-state index in [9.17, 15) is 4.79 Å². The number of aromatic nitrogens is 2. The molecule has 0 unspecified atom stereocenters. The van der Waals surface area contributed by atoms with Gasteiger partial charge in [0, 0.05) is 37.4 Å². The number of fused-ring (bicyclic) bond motifs is 1. The van der Waals surface area contributed by atoms with Gasteiger partial charge in [0.2, 0.25) is 5.13 Å². The Morgan fingerprint density at radius 1 is 1.45 bits per heavy atom. The molecule has 1 aliphatic heterocycles. The van der Waals surface area contributed by atoms with Crippen molar-refractivity contribution in [2.75, 3.05) is 23.8 Å². The lowest BCUT2D eigenvalue weighted by Gasteiger charge is -2.27. The van der Waals surface area contributed by atoms with Gasteiger partial charge in [0.05, 0.1) is 0 Å². The van der Waals surface area contributed by atoms with Gasteiger partial charge in [-0.3, -0.25) is 5.32 Å². The monoisotopic (exact) mass is 317 g/mol. The molecule has 0 aliphatic carbocycles. The molecular formula is C15H19N5OS. The molecule has 3 rings (SSSR count). The van der Waals surface area contributed by atoms with Crippen LogP contribution in [0.5, 0.6) is 0 Å². The highest BCUT2D eigenvalue weighted by atomic mass is 32.1. The van der Waals surface area contributed by atoms with Crippen molar-refractivity contribution in [3.63, 3.8) is 0 Å². The van der Waals surface area contributed by atoms with E-state index in [0.29, 0.717) is 17.5 Å². The molecule has 2 aromatic rings. The fourth-order valence-electron chi connectivity index (χ4n) is 2.62. The number of hydrogen-bond donors (Lipinski definition) is 2. The van der Waals surface area contributed by atoms with E-state index in [2.05, 4.69) is 50.1 Å². The summed E-state index contributed by atoms with van der Waals surface area (Å²) in [5.41, 5.74) is 3.76. The molecule has 0 bridgehead atoms. The van der Waals surface area contributed by atoms with Crippen LogP contribution < -0.4 is 15.5 Å². The fourth-order valence-corrected chi connectivity index (χ4v) is 3.19. The number of rotatable bonds is 3. The van der Waals surface area contributed by atoms with Crippen molar-refractivity contribution in [2.45, 2.75) is 26.3 Å². The van der Waals surface area contributed by atoms with Gasteiger partial charge in [0.15, 0.2) is 0 Å². The first kappa shape index (κ1) is 14.8. The fraction of sp³-hybridized carbons (Fsp3) is 0.400. The molecule has 1 aliphatic rings. The third-order valence-electron chi connectivity index (χ3n) is 3.70. The molecule has 6 nitrogen and oxygen atoms in total. The molecule has 0 saturated heterocycles. The number of anilines is 2. The van der Waals surface area contributed by atoms with Crippen molar-refractivity contribution in [1.82, 2.24) is 14.7 Å². The second-order valence-electron chi connectivity index (χ2n) is 5.44. The van der Waals surface area contributed by atoms with Gasteiger partial charge in [-0.25, -0.2) is 9.78 Å². The largest absolute Gasteiger partial charge is 0.374 e. The summed E-state index contributed by atoms with van der Waals surface area (Å²) >= 11 is 1.18. The van der Waals surface area contributed by atoms with Crippen LogP contribution >= 0.6 is 11.5 Å². The van der Waals surface area contributed by atoms with Crippen molar-refractivity contribution in [2.24, 2.45) is 0 Å². The summed E-state index contributed by atoms with van der Waals surface area (Å²) < 4.78 is 4.03. The highest BCUT2D eigenvalue weighted by Crippen LogP contribution is 2.26.